The lowest BCUT2D eigenvalue weighted by molar-refractivity contribution is 0.611. The predicted octanol–water partition coefficient (Wildman–Crippen LogP) is 1.32. The minimum atomic E-state index is -0.336. The third-order valence-electron chi connectivity index (χ3n) is 1.90. The molecule has 0 aliphatic rings. The Kier molecular flexibility index (Phi) is 2.97. The van der Waals surface area contributed by atoms with E-state index in [9.17, 15) is 4.39 Å². The van der Waals surface area contributed by atoms with E-state index in [1.165, 1.54) is 12.3 Å². The van der Waals surface area contributed by atoms with Crippen molar-refractivity contribution in [2.24, 2.45) is 5.73 Å². The molecule has 4 N–H and O–H groups in total. The van der Waals surface area contributed by atoms with Crippen LogP contribution in [-0.2, 0) is 6.54 Å². The average molecular weight is 181 g/mol. The molecule has 1 aromatic carbocycles. The monoisotopic (exact) mass is 181 g/mol. The van der Waals surface area contributed by atoms with Crippen molar-refractivity contribution in [2.75, 3.05) is 12.4 Å². The lowest BCUT2D eigenvalue weighted by atomic mass is 10.1. The van der Waals surface area contributed by atoms with Gasteiger partial charge in [0.2, 0.25) is 0 Å². The van der Waals surface area contributed by atoms with Crippen molar-refractivity contribution in [2.45, 2.75) is 6.54 Å². The molecule has 0 saturated carbocycles. The summed E-state index contributed by atoms with van der Waals surface area (Å²) in [6.45, 7) is 0.129. The summed E-state index contributed by atoms with van der Waals surface area (Å²) in [4.78, 5) is 0. The zero-order valence-corrected chi connectivity index (χ0v) is 7.39. The molecule has 0 amide bonds. The smallest absolute Gasteiger partial charge is 0.129 e. The molecule has 0 aliphatic carbocycles. The van der Waals surface area contributed by atoms with E-state index in [4.69, 9.17) is 11.1 Å². The van der Waals surface area contributed by atoms with Gasteiger partial charge in [-0.3, -0.25) is 0 Å². The van der Waals surface area contributed by atoms with Gasteiger partial charge < -0.3 is 16.5 Å². The number of anilines is 1. The zero-order valence-electron chi connectivity index (χ0n) is 7.39. The number of benzene rings is 1. The zero-order chi connectivity index (χ0) is 9.84. The number of nitrogens with one attached hydrogen (secondary N) is 2. The van der Waals surface area contributed by atoms with E-state index in [0.29, 0.717) is 16.8 Å². The standard InChI is InChI=1S/C9H12FN3/c1-13-9-6(4-11)2-3-8(10)7(9)5-12/h2-4,11,13H,5,12H2,1H3. The molecule has 0 atom stereocenters. The summed E-state index contributed by atoms with van der Waals surface area (Å²) in [6, 6.07) is 2.87. The van der Waals surface area contributed by atoms with E-state index >= 15 is 0 Å². The quantitative estimate of drug-likeness (QED) is 0.616. The van der Waals surface area contributed by atoms with Crippen LogP contribution in [0.4, 0.5) is 10.1 Å². The van der Waals surface area contributed by atoms with Crippen LogP contribution in [0.1, 0.15) is 11.1 Å². The normalized spacial score (nSPS) is 9.77. The van der Waals surface area contributed by atoms with Crippen molar-refractivity contribution >= 4 is 11.9 Å². The SMILES string of the molecule is CNc1c(C=N)ccc(F)c1CN. The van der Waals surface area contributed by atoms with Crippen LogP contribution in [0.15, 0.2) is 12.1 Å². The van der Waals surface area contributed by atoms with Gasteiger partial charge in [0.1, 0.15) is 5.82 Å². The van der Waals surface area contributed by atoms with E-state index in [2.05, 4.69) is 5.32 Å². The van der Waals surface area contributed by atoms with Gasteiger partial charge in [-0.25, -0.2) is 4.39 Å². The molecule has 0 radical (unpaired) electrons. The predicted molar refractivity (Wildman–Crippen MR) is 51.7 cm³/mol. The van der Waals surface area contributed by atoms with Gasteiger partial charge in [0.15, 0.2) is 0 Å². The summed E-state index contributed by atoms with van der Waals surface area (Å²) in [6.07, 6.45) is 1.17. The van der Waals surface area contributed by atoms with Crippen molar-refractivity contribution < 1.29 is 4.39 Å². The van der Waals surface area contributed by atoms with E-state index in [1.54, 1.807) is 13.1 Å². The number of hydrogen-bond acceptors (Lipinski definition) is 3. The molecule has 13 heavy (non-hydrogen) atoms. The lowest BCUT2D eigenvalue weighted by Gasteiger charge is -2.10. The maximum absolute atomic E-state index is 13.2. The van der Waals surface area contributed by atoms with Gasteiger partial charge in [0, 0.05) is 30.9 Å². The van der Waals surface area contributed by atoms with Crippen molar-refractivity contribution in [3.05, 3.63) is 29.1 Å². The molecule has 3 nitrogen and oxygen atoms in total. The second-order valence-corrected chi connectivity index (χ2v) is 2.59. The largest absolute Gasteiger partial charge is 0.387 e. The Labute approximate surface area is 76.3 Å². The third-order valence-corrected chi connectivity index (χ3v) is 1.90. The van der Waals surface area contributed by atoms with Crippen LogP contribution in [0, 0.1) is 11.2 Å². The van der Waals surface area contributed by atoms with E-state index < -0.39 is 0 Å². The van der Waals surface area contributed by atoms with Crippen LogP contribution >= 0.6 is 0 Å². The van der Waals surface area contributed by atoms with Gasteiger partial charge in [-0.15, -0.1) is 0 Å². The summed E-state index contributed by atoms with van der Waals surface area (Å²) in [5.74, 6) is -0.336. The Morgan fingerprint density at radius 2 is 2.31 bits per heavy atom. The highest BCUT2D eigenvalue weighted by atomic mass is 19.1. The molecule has 0 aliphatic heterocycles. The highest BCUT2D eigenvalue weighted by Crippen LogP contribution is 2.21. The van der Waals surface area contributed by atoms with E-state index in [1.807, 2.05) is 0 Å². The van der Waals surface area contributed by atoms with Gasteiger partial charge in [0.25, 0.3) is 0 Å². The molecule has 4 heteroatoms. The molecule has 0 saturated heterocycles. The van der Waals surface area contributed by atoms with E-state index in [-0.39, 0.29) is 12.4 Å². The Morgan fingerprint density at radius 3 is 2.77 bits per heavy atom. The highest BCUT2D eigenvalue weighted by molar-refractivity contribution is 5.87. The first-order valence-corrected chi connectivity index (χ1v) is 3.94. The molecule has 1 rings (SSSR count). The van der Waals surface area contributed by atoms with Gasteiger partial charge in [-0.2, -0.15) is 0 Å². The maximum atomic E-state index is 13.2. The number of nitrogens with two attached hydrogens (primary N) is 1. The lowest BCUT2D eigenvalue weighted by Crippen LogP contribution is -2.07. The first kappa shape index (κ1) is 9.67. The van der Waals surface area contributed by atoms with Crippen LogP contribution < -0.4 is 11.1 Å². The first-order valence-electron chi connectivity index (χ1n) is 3.94. The van der Waals surface area contributed by atoms with Gasteiger partial charge in [-0.05, 0) is 12.1 Å². The van der Waals surface area contributed by atoms with Crippen LogP contribution in [0.3, 0.4) is 0 Å². The summed E-state index contributed by atoms with van der Waals surface area (Å²) < 4.78 is 13.2. The van der Waals surface area contributed by atoms with Crippen molar-refractivity contribution in [3.8, 4) is 0 Å². The Bertz CT molecular complexity index is 323. The van der Waals surface area contributed by atoms with Crippen molar-refractivity contribution in [3.63, 3.8) is 0 Å². The van der Waals surface area contributed by atoms with E-state index in [0.717, 1.165) is 0 Å². The number of rotatable bonds is 3. The van der Waals surface area contributed by atoms with Crippen molar-refractivity contribution in [1.29, 1.82) is 5.41 Å². The van der Waals surface area contributed by atoms with Crippen LogP contribution in [-0.4, -0.2) is 13.3 Å². The molecule has 0 bridgehead atoms. The molecule has 0 heterocycles. The fraction of sp³-hybridized carbons (Fsp3) is 0.222. The molecular formula is C9H12FN3. The third kappa shape index (κ3) is 1.67. The Hall–Kier alpha value is -1.42. The maximum Gasteiger partial charge on any atom is 0.129 e. The molecule has 0 unspecified atom stereocenters. The Balaban J connectivity index is 3.35. The fourth-order valence-electron chi connectivity index (χ4n) is 1.26. The summed E-state index contributed by atoms with van der Waals surface area (Å²) in [5.41, 5.74) is 7.05. The Morgan fingerprint density at radius 1 is 1.62 bits per heavy atom. The molecule has 0 spiro atoms. The minimum absolute atomic E-state index is 0.129. The molecule has 1 aromatic rings. The molecule has 70 valence electrons. The molecular weight excluding hydrogens is 169 g/mol. The topological polar surface area (TPSA) is 61.9 Å². The molecule has 0 fully saturated rings. The number of hydrogen-bond donors (Lipinski definition) is 3. The van der Waals surface area contributed by atoms with Crippen LogP contribution in [0.25, 0.3) is 0 Å². The van der Waals surface area contributed by atoms with Gasteiger partial charge >= 0.3 is 0 Å². The average Bonchev–Trinajstić information content (AvgIpc) is 2.17. The highest BCUT2D eigenvalue weighted by Gasteiger charge is 2.09. The van der Waals surface area contributed by atoms with Crippen molar-refractivity contribution in [1.82, 2.24) is 0 Å². The first-order chi connectivity index (χ1) is 6.24. The van der Waals surface area contributed by atoms with Gasteiger partial charge in [0.05, 0.1) is 5.69 Å². The fourth-order valence-corrected chi connectivity index (χ4v) is 1.26. The van der Waals surface area contributed by atoms with Crippen LogP contribution in [0.5, 0.6) is 0 Å². The molecule has 0 aromatic heterocycles. The second kappa shape index (κ2) is 4.00. The summed E-state index contributed by atoms with van der Waals surface area (Å²) >= 11 is 0. The van der Waals surface area contributed by atoms with Gasteiger partial charge in [-0.1, -0.05) is 0 Å². The summed E-state index contributed by atoms with van der Waals surface area (Å²) in [7, 11) is 1.68. The minimum Gasteiger partial charge on any atom is -0.387 e. The second-order valence-electron chi connectivity index (χ2n) is 2.59. The van der Waals surface area contributed by atoms with Crippen LogP contribution in [0.2, 0.25) is 0 Å². The summed E-state index contributed by atoms with van der Waals surface area (Å²) in [5, 5.41) is 9.94. The number of halogens is 1.